The van der Waals surface area contributed by atoms with Crippen LogP contribution in [0.25, 0.3) is 0 Å². The first-order chi connectivity index (χ1) is 5.47. The molecule has 0 fully saturated rings. The van der Waals surface area contributed by atoms with Crippen molar-refractivity contribution in [3.63, 3.8) is 0 Å². The van der Waals surface area contributed by atoms with Crippen LogP contribution in [0.15, 0.2) is 12.7 Å². The van der Waals surface area contributed by atoms with Crippen LogP contribution in [0.3, 0.4) is 0 Å². The Morgan fingerprint density at radius 3 is 2.08 bits per heavy atom. The van der Waals surface area contributed by atoms with Gasteiger partial charge in [-0.25, -0.2) is 0 Å². The van der Waals surface area contributed by atoms with Crippen LogP contribution in [-0.4, -0.2) is 46.7 Å². The fourth-order valence-electron chi connectivity index (χ4n) is 0.502. The van der Waals surface area contributed by atoms with Crippen molar-refractivity contribution in [1.29, 1.82) is 0 Å². The van der Waals surface area contributed by atoms with Gasteiger partial charge >= 0.3 is 51.4 Å². The van der Waals surface area contributed by atoms with E-state index in [1.165, 1.54) is 44.4 Å². The molecule has 0 atom stereocenters. The fraction of sp³-hybridized carbons (Fsp3) is 0.714. The van der Waals surface area contributed by atoms with Gasteiger partial charge in [0.15, 0.2) is 0 Å². The molecule has 0 aliphatic carbocycles. The van der Waals surface area contributed by atoms with E-state index < -0.39 is 10.1 Å². The van der Waals surface area contributed by atoms with Crippen molar-refractivity contribution in [2.24, 2.45) is 0 Å². The maximum atomic E-state index is 9.72. The van der Waals surface area contributed by atoms with Crippen molar-refractivity contribution >= 4 is 38.0 Å². The summed E-state index contributed by atoms with van der Waals surface area (Å²) in [5.74, 6) is -0.368. The van der Waals surface area contributed by atoms with Gasteiger partial charge in [-0.2, -0.15) is 8.42 Å². The molecule has 0 saturated heterocycles. The van der Waals surface area contributed by atoms with Crippen LogP contribution in [0.1, 0.15) is 19.8 Å². The number of hydrogen-bond acceptors (Lipinski definition) is 2. The van der Waals surface area contributed by atoms with Crippen LogP contribution in [0.5, 0.6) is 0 Å². The summed E-state index contributed by atoms with van der Waals surface area (Å²) in [6.45, 7) is 5.34. The Morgan fingerprint density at radius 1 is 1.58 bits per heavy atom. The molecule has 0 heterocycles. The third-order valence-electron chi connectivity index (χ3n) is 1.04. The van der Waals surface area contributed by atoms with E-state index in [4.69, 9.17) is 4.55 Å². The van der Waals surface area contributed by atoms with E-state index in [0.717, 1.165) is 6.08 Å². The Kier molecular flexibility index (Phi) is 12.3. The van der Waals surface area contributed by atoms with E-state index in [9.17, 15) is 8.42 Å². The van der Waals surface area contributed by atoms with Crippen molar-refractivity contribution in [2.45, 2.75) is 23.4 Å². The normalized spacial score (nSPS) is 10.0. The van der Waals surface area contributed by atoms with Crippen molar-refractivity contribution in [3.8, 4) is 0 Å². The molecule has 0 saturated carbocycles. The van der Waals surface area contributed by atoms with E-state index in [-0.39, 0.29) is 5.75 Å². The van der Waals surface area contributed by atoms with Gasteiger partial charge in [0.25, 0.3) is 10.1 Å². The minimum absolute atomic E-state index is 0.368. The summed E-state index contributed by atoms with van der Waals surface area (Å²) in [7, 11) is -3.79. The Morgan fingerprint density at radius 2 is 2.08 bits per heavy atom. The molecular formula is C7H15NaO3S. The first-order valence-electron chi connectivity index (χ1n) is 4.04. The van der Waals surface area contributed by atoms with Crippen molar-refractivity contribution in [3.05, 3.63) is 12.7 Å². The topological polar surface area (TPSA) is 54.4 Å². The predicted octanol–water partition coefficient (Wildman–Crippen LogP) is 1.43. The molecule has 12 heavy (non-hydrogen) atoms. The van der Waals surface area contributed by atoms with Crippen molar-refractivity contribution in [2.75, 3.05) is 5.75 Å². The Bertz CT molecular complexity index is 185. The van der Waals surface area contributed by atoms with Crippen LogP contribution in [0.2, 0.25) is 3.67 Å². The van der Waals surface area contributed by atoms with Gasteiger partial charge in [-0.05, 0) is 0 Å². The van der Waals surface area contributed by atoms with E-state index in [1.54, 1.807) is 0 Å². The van der Waals surface area contributed by atoms with Gasteiger partial charge in [0, 0.05) is 0 Å². The van der Waals surface area contributed by atoms with Crippen LogP contribution in [-0.2, 0) is 10.1 Å². The molecule has 0 aromatic carbocycles. The quantitative estimate of drug-likeness (QED) is 0.426. The maximum absolute atomic E-state index is 9.72. The van der Waals surface area contributed by atoms with Crippen molar-refractivity contribution < 1.29 is 13.0 Å². The van der Waals surface area contributed by atoms with E-state index in [1.807, 2.05) is 0 Å². The molecule has 0 spiro atoms. The summed E-state index contributed by atoms with van der Waals surface area (Å²) < 4.78 is 28.8. The number of hydrogen-bond donors (Lipinski definition) is 1. The molecule has 0 aromatic rings. The number of unbranched alkanes of at least 4 members (excludes halogenated alkanes) is 1. The molecule has 3 nitrogen and oxygen atoms in total. The van der Waals surface area contributed by atoms with Gasteiger partial charge < -0.3 is 0 Å². The molecule has 0 aliphatic rings. The third-order valence-corrected chi connectivity index (χ3v) is 2.40. The minimum atomic E-state index is -3.79. The molecule has 1 N–H and O–H groups in total. The zero-order chi connectivity index (χ0) is 10.0. The van der Waals surface area contributed by atoms with E-state index in [0.29, 0.717) is 0 Å². The summed E-state index contributed by atoms with van der Waals surface area (Å²) in [5, 5.41) is 0. The third kappa shape index (κ3) is 22.4. The molecule has 0 aromatic heterocycles. The molecule has 0 amide bonds. The molecule has 68 valence electrons. The second-order valence-corrected chi connectivity index (χ2v) is 4.89. The Labute approximate surface area is 92.4 Å². The van der Waals surface area contributed by atoms with Gasteiger partial charge in [-0.15, -0.1) is 6.58 Å². The van der Waals surface area contributed by atoms with Gasteiger partial charge in [-0.1, -0.05) is 6.08 Å². The van der Waals surface area contributed by atoms with E-state index >= 15 is 0 Å². The Balaban J connectivity index is 0. The standard InChI is InChI=1S/C4H9.C3H6O3S.Na/c1-3-4-2;1-2-3-7(4,5)6;/h1,3-4H2,2H3;2H,1,3H2,(H,4,5,6);. The predicted molar refractivity (Wildman–Crippen MR) is 52.1 cm³/mol. The molecule has 0 bridgehead atoms. The average Bonchev–Trinajstić information content (AvgIpc) is 1.87. The van der Waals surface area contributed by atoms with Gasteiger partial charge in [0.2, 0.25) is 0 Å². The van der Waals surface area contributed by atoms with E-state index in [2.05, 4.69) is 13.5 Å². The van der Waals surface area contributed by atoms with Gasteiger partial charge in [0.05, 0.1) is 5.75 Å². The molecule has 0 rings (SSSR count). The molecule has 0 radical (unpaired) electrons. The Hall–Kier alpha value is 0.650. The van der Waals surface area contributed by atoms with Gasteiger partial charge in [-0.3, -0.25) is 4.55 Å². The van der Waals surface area contributed by atoms with Gasteiger partial charge in [0.1, 0.15) is 0 Å². The zero-order valence-electron chi connectivity index (χ0n) is 7.78. The molecular weight excluding hydrogens is 187 g/mol. The summed E-state index contributed by atoms with van der Waals surface area (Å²) in [6.07, 6.45) is 3.95. The van der Waals surface area contributed by atoms with Crippen LogP contribution < -0.4 is 0 Å². The van der Waals surface area contributed by atoms with Crippen molar-refractivity contribution in [1.82, 2.24) is 0 Å². The van der Waals surface area contributed by atoms with Crippen LogP contribution >= 0.6 is 0 Å². The molecule has 0 aliphatic heterocycles. The number of rotatable bonds is 4. The summed E-state index contributed by atoms with van der Waals surface area (Å²) in [5.41, 5.74) is 0. The second-order valence-electron chi connectivity index (χ2n) is 2.39. The molecule has 5 heteroatoms. The second kappa shape index (κ2) is 9.74. The van der Waals surface area contributed by atoms with Crippen LogP contribution in [0, 0.1) is 0 Å². The summed E-state index contributed by atoms with van der Waals surface area (Å²) in [4.78, 5) is 0. The first-order valence-corrected chi connectivity index (χ1v) is 7.06. The SMILES string of the molecule is C=CCS(=O)(=O)O.CCC[CH2][Na]. The molecule has 0 unspecified atom stereocenters. The zero-order valence-corrected chi connectivity index (χ0v) is 10.6. The monoisotopic (exact) mass is 202 g/mol. The van der Waals surface area contributed by atoms with Crippen LogP contribution in [0.4, 0.5) is 0 Å². The average molecular weight is 202 g/mol. The fourth-order valence-corrected chi connectivity index (χ4v) is 1.51. The summed E-state index contributed by atoms with van der Waals surface area (Å²) in [6, 6.07) is 0. The summed E-state index contributed by atoms with van der Waals surface area (Å²) >= 11 is 1.40. The first kappa shape index (κ1) is 15.1.